The molecule has 2 saturated heterocycles. The third-order valence-electron chi connectivity index (χ3n) is 5.07. The molecule has 2 amide bonds. The van der Waals surface area contributed by atoms with Gasteiger partial charge < -0.3 is 14.9 Å². The molecule has 2 aliphatic heterocycles. The third-order valence-corrected chi connectivity index (χ3v) is 5.80. The van der Waals surface area contributed by atoms with Gasteiger partial charge in [0, 0.05) is 44.8 Å². The second-order valence-corrected chi connectivity index (χ2v) is 7.49. The van der Waals surface area contributed by atoms with Gasteiger partial charge in [-0.3, -0.25) is 14.5 Å². The Balaban J connectivity index is 1.66. The predicted molar refractivity (Wildman–Crippen MR) is 101 cm³/mol. The minimum atomic E-state index is -0.415. The Morgan fingerprint density at radius 1 is 1.08 bits per heavy atom. The number of halogens is 2. The van der Waals surface area contributed by atoms with E-state index in [-0.39, 0.29) is 18.4 Å². The summed E-state index contributed by atoms with van der Waals surface area (Å²) >= 11 is 11.9. The first-order valence-electron chi connectivity index (χ1n) is 8.89. The fourth-order valence-electron chi connectivity index (χ4n) is 3.61. The molecular weight excluding hydrogens is 377 g/mol. The molecule has 26 heavy (non-hydrogen) atoms. The van der Waals surface area contributed by atoms with Crippen LogP contribution in [-0.4, -0.2) is 83.5 Å². The Bertz CT molecular complexity index is 678. The van der Waals surface area contributed by atoms with Gasteiger partial charge in [0.2, 0.25) is 5.91 Å². The van der Waals surface area contributed by atoms with Gasteiger partial charge in [0.15, 0.2) is 0 Å². The fraction of sp³-hybridized carbons (Fsp3) is 0.556. The van der Waals surface area contributed by atoms with E-state index in [1.165, 1.54) is 0 Å². The molecule has 1 aromatic carbocycles. The molecule has 0 spiro atoms. The van der Waals surface area contributed by atoms with E-state index in [1.807, 2.05) is 4.90 Å². The highest BCUT2D eigenvalue weighted by Gasteiger charge is 2.37. The minimum absolute atomic E-state index is 0.0135. The first kappa shape index (κ1) is 19.4. The van der Waals surface area contributed by atoms with Gasteiger partial charge in [0.25, 0.3) is 5.91 Å². The van der Waals surface area contributed by atoms with Crippen LogP contribution in [0.1, 0.15) is 23.2 Å². The largest absolute Gasteiger partial charge is 0.395 e. The first-order chi connectivity index (χ1) is 12.5. The van der Waals surface area contributed by atoms with E-state index in [0.717, 1.165) is 19.5 Å². The predicted octanol–water partition coefficient (Wildman–Crippen LogP) is 1.73. The summed E-state index contributed by atoms with van der Waals surface area (Å²) in [4.78, 5) is 31.4. The molecule has 2 heterocycles. The van der Waals surface area contributed by atoms with Crippen molar-refractivity contribution in [1.82, 2.24) is 14.7 Å². The molecule has 2 aliphatic rings. The van der Waals surface area contributed by atoms with Crippen LogP contribution in [-0.2, 0) is 4.79 Å². The number of rotatable bonds is 4. The molecule has 1 aromatic rings. The number of benzene rings is 1. The van der Waals surface area contributed by atoms with Crippen LogP contribution in [0.25, 0.3) is 0 Å². The van der Waals surface area contributed by atoms with Crippen LogP contribution in [0, 0.1) is 0 Å². The summed E-state index contributed by atoms with van der Waals surface area (Å²) in [7, 11) is 0. The van der Waals surface area contributed by atoms with Crippen molar-refractivity contribution in [2.24, 2.45) is 0 Å². The standard InChI is InChI=1S/C18H23Cl2N3O3/c19-14-4-3-13(12-15(14)20)17(25)23-5-1-2-16(23)18(26)22-8-6-21(7-9-22)10-11-24/h3-4,12,16,24H,1-2,5-11H2. The average Bonchev–Trinajstić information content (AvgIpc) is 3.13. The lowest BCUT2D eigenvalue weighted by molar-refractivity contribution is -0.137. The second kappa shape index (κ2) is 8.57. The van der Waals surface area contributed by atoms with Crippen LogP contribution < -0.4 is 0 Å². The molecule has 142 valence electrons. The van der Waals surface area contributed by atoms with E-state index in [9.17, 15) is 9.59 Å². The van der Waals surface area contributed by atoms with Gasteiger partial charge in [0.05, 0.1) is 16.7 Å². The van der Waals surface area contributed by atoms with Crippen molar-refractivity contribution in [3.63, 3.8) is 0 Å². The van der Waals surface area contributed by atoms with E-state index < -0.39 is 6.04 Å². The first-order valence-corrected chi connectivity index (χ1v) is 9.65. The van der Waals surface area contributed by atoms with Gasteiger partial charge in [-0.15, -0.1) is 0 Å². The number of carbonyl (C=O) groups is 2. The summed E-state index contributed by atoms with van der Waals surface area (Å²) < 4.78 is 0. The Kier molecular flexibility index (Phi) is 6.40. The minimum Gasteiger partial charge on any atom is -0.395 e. The highest BCUT2D eigenvalue weighted by Crippen LogP contribution is 2.26. The van der Waals surface area contributed by atoms with Crippen molar-refractivity contribution in [2.45, 2.75) is 18.9 Å². The molecule has 1 unspecified atom stereocenters. The molecule has 6 nitrogen and oxygen atoms in total. The summed E-state index contributed by atoms with van der Waals surface area (Å²) in [5.41, 5.74) is 0.451. The molecule has 0 saturated carbocycles. The molecule has 3 rings (SSSR count). The average molecular weight is 400 g/mol. The topological polar surface area (TPSA) is 64.1 Å². The molecule has 2 fully saturated rings. The number of piperazine rings is 1. The van der Waals surface area contributed by atoms with Gasteiger partial charge in [-0.25, -0.2) is 0 Å². The van der Waals surface area contributed by atoms with Crippen molar-refractivity contribution < 1.29 is 14.7 Å². The Labute approximate surface area is 163 Å². The number of likely N-dealkylation sites (tertiary alicyclic amines) is 1. The number of β-amino-alcohol motifs (C(OH)–C–C–N with tert-alkyl or cyclic N) is 1. The van der Waals surface area contributed by atoms with Crippen molar-refractivity contribution >= 4 is 35.0 Å². The molecule has 1 atom stereocenters. The van der Waals surface area contributed by atoms with E-state index in [0.29, 0.717) is 48.2 Å². The summed E-state index contributed by atoms with van der Waals surface area (Å²) in [5, 5.41) is 9.76. The van der Waals surface area contributed by atoms with E-state index in [2.05, 4.69) is 4.90 Å². The van der Waals surface area contributed by atoms with Gasteiger partial charge in [-0.2, -0.15) is 0 Å². The van der Waals surface area contributed by atoms with E-state index >= 15 is 0 Å². The van der Waals surface area contributed by atoms with Gasteiger partial charge in [0.1, 0.15) is 6.04 Å². The van der Waals surface area contributed by atoms with Gasteiger partial charge in [-0.05, 0) is 31.0 Å². The highest BCUT2D eigenvalue weighted by molar-refractivity contribution is 6.42. The lowest BCUT2D eigenvalue weighted by Gasteiger charge is -2.37. The zero-order valence-electron chi connectivity index (χ0n) is 14.5. The maximum Gasteiger partial charge on any atom is 0.254 e. The Morgan fingerprint density at radius 3 is 2.46 bits per heavy atom. The molecule has 8 heteroatoms. The zero-order valence-corrected chi connectivity index (χ0v) is 16.0. The van der Waals surface area contributed by atoms with E-state index in [4.69, 9.17) is 28.3 Å². The lowest BCUT2D eigenvalue weighted by atomic mass is 10.1. The molecule has 1 N–H and O–H groups in total. The summed E-state index contributed by atoms with van der Waals surface area (Å²) in [6.07, 6.45) is 1.50. The van der Waals surface area contributed by atoms with Crippen LogP contribution in [0.5, 0.6) is 0 Å². The van der Waals surface area contributed by atoms with E-state index in [1.54, 1.807) is 23.1 Å². The monoisotopic (exact) mass is 399 g/mol. The van der Waals surface area contributed by atoms with Gasteiger partial charge >= 0.3 is 0 Å². The Hall–Kier alpha value is -1.34. The summed E-state index contributed by atoms with van der Waals surface area (Å²) in [6.45, 7) is 4.09. The molecule has 0 aromatic heterocycles. The van der Waals surface area contributed by atoms with Crippen molar-refractivity contribution in [2.75, 3.05) is 45.9 Å². The normalized spacial score (nSPS) is 21.3. The van der Waals surface area contributed by atoms with Crippen molar-refractivity contribution in [1.29, 1.82) is 0 Å². The number of amides is 2. The van der Waals surface area contributed by atoms with Crippen LogP contribution in [0.2, 0.25) is 10.0 Å². The number of hydrogen-bond acceptors (Lipinski definition) is 4. The van der Waals surface area contributed by atoms with Crippen LogP contribution in [0.4, 0.5) is 0 Å². The molecule has 0 aliphatic carbocycles. The fourth-order valence-corrected chi connectivity index (χ4v) is 3.90. The van der Waals surface area contributed by atoms with Crippen molar-refractivity contribution in [3.05, 3.63) is 33.8 Å². The lowest BCUT2D eigenvalue weighted by Crippen LogP contribution is -2.54. The molecule has 0 radical (unpaired) electrons. The molecular formula is C18H23Cl2N3O3. The third kappa shape index (κ3) is 4.14. The van der Waals surface area contributed by atoms with Gasteiger partial charge in [-0.1, -0.05) is 23.2 Å². The number of aliphatic hydroxyl groups is 1. The smallest absolute Gasteiger partial charge is 0.254 e. The van der Waals surface area contributed by atoms with Crippen LogP contribution >= 0.6 is 23.2 Å². The maximum atomic E-state index is 12.9. The second-order valence-electron chi connectivity index (χ2n) is 6.68. The van der Waals surface area contributed by atoms with Crippen LogP contribution in [0.3, 0.4) is 0 Å². The highest BCUT2D eigenvalue weighted by atomic mass is 35.5. The Morgan fingerprint density at radius 2 is 1.81 bits per heavy atom. The summed E-state index contributed by atoms with van der Waals surface area (Å²) in [5.74, 6) is -0.169. The quantitative estimate of drug-likeness (QED) is 0.837. The molecule has 0 bridgehead atoms. The number of hydrogen-bond donors (Lipinski definition) is 1. The number of carbonyl (C=O) groups excluding carboxylic acids is 2. The summed E-state index contributed by atoms with van der Waals surface area (Å²) in [6, 6.07) is 4.38. The number of nitrogens with zero attached hydrogens (tertiary/aromatic N) is 3. The van der Waals surface area contributed by atoms with Crippen LogP contribution in [0.15, 0.2) is 18.2 Å². The number of aliphatic hydroxyl groups excluding tert-OH is 1. The van der Waals surface area contributed by atoms with Crippen molar-refractivity contribution in [3.8, 4) is 0 Å². The zero-order chi connectivity index (χ0) is 18.7. The SMILES string of the molecule is O=C(C1CCCN1C(=O)c1ccc(Cl)c(Cl)c1)N1CCN(CCO)CC1. The maximum absolute atomic E-state index is 12.9.